The summed E-state index contributed by atoms with van der Waals surface area (Å²) in [4.78, 5) is 32.6. The molecule has 158 valence electrons. The van der Waals surface area contributed by atoms with Crippen LogP contribution in [-0.4, -0.2) is 21.2 Å². The minimum absolute atomic E-state index is 0.00306. The number of nitrogens with one attached hydrogen (secondary N) is 1. The van der Waals surface area contributed by atoms with Gasteiger partial charge in [-0.05, 0) is 55.2 Å². The van der Waals surface area contributed by atoms with Crippen molar-refractivity contribution >= 4 is 44.9 Å². The lowest BCUT2D eigenvalue weighted by Crippen LogP contribution is -2.22. The molecule has 1 N–H and O–H groups in total. The molecule has 0 unspecified atom stereocenters. The van der Waals surface area contributed by atoms with Crippen LogP contribution in [0.4, 0.5) is 5.69 Å². The lowest BCUT2D eigenvalue weighted by molar-refractivity contribution is -0.113. The van der Waals surface area contributed by atoms with Gasteiger partial charge in [0.2, 0.25) is 5.91 Å². The first-order valence-electron chi connectivity index (χ1n) is 10.4. The van der Waals surface area contributed by atoms with Gasteiger partial charge >= 0.3 is 0 Å². The van der Waals surface area contributed by atoms with Gasteiger partial charge in [-0.15, -0.1) is 11.3 Å². The minimum Gasteiger partial charge on any atom is -0.325 e. The van der Waals surface area contributed by atoms with Gasteiger partial charge in [0.25, 0.3) is 5.56 Å². The van der Waals surface area contributed by atoms with E-state index in [4.69, 9.17) is 4.98 Å². The van der Waals surface area contributed by atoms with Crippen LogP contribution < -0.4 is 10.9 Å². The van der Waals surface area contributed by atoms with Gasteiger partial charge in [0.15, 0.2) is 5.16 Å². The summed E-state index contributed by atoms with van der Waals surface area (Å²) in [6.45, 7) is 6.25. The zero-order valence-corrected chi connectivity index (χ0v) is 19.5. The van der Waals surface area contributed by atoms with E-state index in [1.807, 2.05) is 19.1 Å². The van der Waals surface area contributed by atoms with Gasteiger partial charge in [0, 0.05) is 17.6 Å². The number of rotatable bonds is 5. The fourth-order valence-corrected chi connectivity index (χ4v) is 6.12. The summed E-state index contributed by atoms with van der Waals surface area (Å²) in [5.74, 6) is 0.446. The average molecular weight is 442 g/mol. The van der Waals surface area contributed by atoms with E-state index in [-0.39, 0.29) is 17.2 Å². The summed E-state index contributed by atoms with van der Waals surface area (Å²) >= 11 is 2.96. The van der Waals surface area contributed by atoms with E-state index in [9.17, 15) is 9.59 Å². The number of nitrogens with zero attached hydrogens (tertiary/aromatic N) is 2. The summed E-state index contributed by atoms with van der Waals surface area (Å²) in [7, 11) is 1.75. The number of carbonyl (C=O) groups excluding carboxylic acids is 1. The van der Waals surface area contributed by atoms with Crippen LogP contribution >= 0.6 is 23.1 Å². The molecule has 2 heterocycles. The number of hydrogen-bond donors (Lipinski definition) is 1. The van der Waals surface area contributed by atoms with Crippen molar-refractivity contribution in [1.29, 1.82) is 0 Å². The number of anilines is 1. The predicted molar refractivity (Wildman–Crippen MR) is 126 cm³/mol. The predicted octanol–water partition coefficient (Wildman–Crippen LogP) is 5.04. The molecule has 3 aromatic rings. The molecule has 7 heteroatoms. The minimum atomic E-state index is -0.0870. The van der Waals surface area contributed by atoms with Gasteiger partial charge in [-0.25, -0.2) is 4.98 Å². The first kappa shape index (κ1) is 21.1. The Morgan fingerprint density at radius 1 is 1.30 bits per heavy atom. The smallest absolute Gasteiger partial charge is 0.262 e. The second-order valence-corrected chi connectivity index (χ2v) is 10.2. The third-order valence-corrected chi connectivity index (χ3v) is 7.89. The summed E-state index contributed by atoms with van der Waals surface area (Å²) < 4.78 is 1.59. The number of aromatic nitrogens is 2. The topological polar surface area (TPSA) is 64.0 Å². The average Bonchev–Trinajstić information content (AvgIpc) is 3.09. The number of carbonyl (C=O) groups is 1. The Morgan fingerprint density at radius 3 is 2.83 bits per heavy atom. The largest absolute Gasteiger partial charge is 0.325 e. The standard InChI is InChI=1S/C23H27N3O2S2/c1-13(2)15-10-7-8-14(3)20(15)24-18(27)12-29-23-25-21-19(22(28)26(23)4)16-9-5-6-11-17(16)30-21/h7-8,10,13H,5-6,9,11-12H2,1-4H3,(H,24,27). The van der Waals surface area contributed by atoms with E-state index in [1.54, 1.807) is 23.0 Å². The number of fused-ring (bicyclic) bond motifs is 3. The fourth-order valence-electron chi connectivity index (χ4n) is 4.04. The highest BCUT2D eigenvalue weighted by atomic mass is 32.2. The molecule has 1 aliphatic rings. The first-order valence-corrected chi connectivity index (χ1v) is 12.2. The molecule has 30 heavy (non-hydrogen) atoms. The van der Waals surface area contributed by atoms with Crippen molar-refractivity contribution in [3.05, 3.63) is 50.1 Å². The molecular formula is C23H27N3O2S2. The summed E-state index contributed by atoms with van der Waals surface area (Å²) in [6.07, 6.45) is 4.32. The normalized spacial score (nSPS) is 13.6. The molecule has 0 aliphatic heterocycles. The Kier molecular flexibility index (Phi) is 6.02. The van der Waals surface area contributed by atoms with Crippen molar-refractivity contribution in [2.45, 2.75) is 57.5 Å². The van der Waals surface area contributed by atoms with Gasteiger partial charge in [0.1, 0.15) is 4.83 Å². The van der Waals surface area contributed by atoms with Gasteiger partial charge in [-0.3, -0.25) is 14.2 Å². The third-order valence-electron chi connectivity index (χ3n) is 5.68. The molecule has 2 aromatic heterocycles. The molecule has 0 spiro atoms. The van der Waals surface area contributed by atoms with Crippen LogP contribution in [0.1, 0.15) is 54.2 Å². The van der Waals surface area contributed by atoms with E-state index in [1.165, 1.54) is 28.6 Å². The highest BCUT2D eigenvalue weighted by molar-refractivity contribution is 7.99. The summed E-state index contributed by atoms with van der Waals surface area (Å²) in [6, 6.07) is 6.08. The van der Waals surface area contributed by atoms with E-state index >= 15 is 0 Å². The number of amides is 1. The molecule has 0 fully saturated rings. The maximum atomic E-state index is 13.0. The second-order valence-electron chi connectivity index (χ2n) is 8.18. The van der Waals surface area contributed by atoms with E-state index in [2.05, 4.69) is 25.2 Å². The molecule has 0 saturated carbocycles. The van der Waals surface area contributed by atoms with Gasteiger partial charge in [-0.1, -0.05) is 43.8 Å². The highest BCUT2D eigenvalue weighted by Gasteiger charge is 2.21. The van der Waals surface area contributed by atoms with Gasteiger partial charge in [-0.2, -0.15) is 0 Å². The zero-order valence-electron chi connectivity index (χ0n) is 17.9. The highest BCUT2D eigenvalue weighted by Crippen LogP contribution is 2.34. The molecule has 1 amide bonds. The van der Waals surface area contributed by atoms with E-state index in [0.29, 0.717) is 11.1 Å². The number of thiophene rings is 1. The third kappa shape index (κ3) is 3.93. The number of para-hydroxylation sites is 1. The Hall–Kier alpha value is -2.12. The zero-order chi connectivity index (χ0) is 21.4. The first-order chi connectivity index (χ1) is 14.4. The van der Waals surface area contributed by atoms with Crippen LogP contribution in [0, 0.1) is 6.92 Å². The second kappa shape index (κ2) is 8.55. The Morgan fingerprint density at radius 2 is 2.07 bits per heavy atom. The molecule has 0 bridgehead atoms. The quantitative estimate of drug-likeness (QED) is 0.445. The van der Waals surface area contributed by atoms with E-state index < -0.39 is 0 Å². The number of aryl methyl sites for hydroxylation is 3. The maximum absolute atomic E-state index is 13.0. The number of hydrogen-bond acceptors (Lipinski definition) is 5. The SMILES string of the molecule is Cc1cccc(C(C)C)c1NC(=O)CSc1nc2sc3c(c2c(=O)n1C)CCCC3. The number of benzene rings is 1. The Balaban J connectivity index is 1.55. The Bertz CT molecular complexity index is 1180. The molecule has 0 atom stereocenters. The molecule has 4 rings (SSSR count). The van der Waals surface area contributed by atoms with Crippen molar-refractivity contribution in [2.24, 2.45) is 7.05 Å². The molecule has 0 saturated heterocycles. The van der Waals surface area contributed by atoms with Crippen LogP contribution in [-0.2, 0) is 24.7 Å². The van der Waals surface area contributed by atoms with Crippen LogP contribution in [0.5, 0.6) is 0 Å². The molecule has 1 aliphatic carbocycles. The maximum Gasteiger partial charge on any atom is 0.262 e. The van der Waals surface area contributed by atoms with Crippen LogP contribution in [0.15, 0.2) is 28.2 Å². The fraction of sp³-hybridized carbons (Fsp3) is 0.435. The monoisotopic (exact) mass is 441 g/mol. The molecule has 0 radical (unpaired) electrons. The van der Waals surface area contributed by atoms with E-state index in [0.717, 1.165) is 46.3 Å². The van der Waals surface area contributed by atoms with Crippen molar-refractivity contribution in [3.63, 3.8) is 0 Å². The lowest BCUT2D eigenvalue weighted by Gasteiger charge is -2.16. The number of thioether (sulfide) groups is 1. The summed E-state index contributed by atoms with van der Waals surface area (Å²) in [5, 5.41) is 4.45. The lowest BCUT2D eigenvalue weighted by atomic mass is 9.97. The molecular weight excluding hydrogens is 414 g/mol. The van der Waals surface area contributed by atoms with Crippen molar-refractivity contribution in [1.82, 2.24) is 9.55 Å². The summed E-state index contributed by atoms with van der Waals surface area (Å²) in [5.41, 5.74) is 4.27. The molecule has 1 aromatic carbocycles. The van der Waals surface area contributed by atoms with Crippen molar-refractivity contribution < 1.29 is 4.79 Å². The Labute approximate surface area is 184 Å². The van der Waals surface area contributed by atoms with Crippen LogP contribution in [0.3, 0.4) is 0 Å². The van der Waals surface area contributed by atoms with Gasteiger partial charge in [0.05, 0.1) is 11.1 Å². The van der Waals surface area contributed by atoms with Crippen LogP contribution in [0.2, 0.25) is 0 Å². The molecule has 5 nitrogen and oxygen atoms in total. The van der Waals surface area contributed by atoms with Gasteiger partial charge < -0.3 is 5.32 Å². The van der Waals surface area contributed by atoms with Crippen LogP contribution in [0.25, 0.3) is 10.2 Å². The van der Waals surface area contributed by atoms with Crippen molar-refractivity contribution in [3.8, 4) is 0 Å². The van der Waals surface area contributed by atoms with Crippen molar-refractivity contribution in [2.75, 3.05) is 11.1 Å².